The number of carbonyl (C=O) groups is 3. The number of hydroxylamine groups is 2. The molecule has 34 heavy (non-hydrogen) atoms. The highest BCUT2D eigenvalue weighted by atomic mass is 16.7. The van der Waals surface area contributed by atoms with E-state index >= 15 is 0 Å². The van der Waals surface area contributed by atoms with Crippen LogP contribution in [0.3, 0.4) is 0 Å². The van der Waals surface area contributed by atoms with Gasteiger partial charge in [-0.25, -0.2) is 9.86 Å². The average Bonchev–Trinajstić information content (AvgIpc) is 2.84. The van der Waals surface area contributed by atoms with Gasteiger partial charge in [0.1, 0.15) is 18.7 Å². The minimum Gasteiger partial charge on any atom is -0.445 e. The van der Waals surface area contributed by atoms with Crippen molar-refractivity contribution in [2.45, 2.75) is 51.8 Å². The molecule has 3 amide bonds. The first-order valence-corrected chi connectivity index (χ1v) is 11.4. The molecule has 2 atom stereocenters. The molecule has 0 aliphatic heterocycles. The molecule has 0 aliphatic rings. The van der Waals surface area contributed by atoms with Gasteiger partial charge in [-0.15, -0.1) is 0 Å². The number of likely N-dealkylation sites (N-methyl/N-ethyl adjacent to an activating group) is 1. The van der Waals surface area contributed by atoms with Gasteiger partial charge in [0, 0.05) is 7.05 Å². The third-order valence-electron chi connectivity index (χ3n) is 5.29. The molecular weight excluding hydrogens is 434 g/mol. The van der Waals surface area contributed by atoms with Crippen LogP contribution >= 0.6 is 0 Å². The van der Waals surface area contributed by atoms with Crippen LogP contribution in [-0.4, -0.2) is 49.2 Å². The first-order chi connectivity index (χ1) is 16.3. The number of alkyl carbamates (subject to hydrolysis) is 1. The van der Waals surface area contributed by atoms with E-state index in [4.69, 9.17) is 9.57 Å². The quantitative estimate of drug-likeness (QED) is 0.464. The van der Waals surface area contributed by atoms with Crippen LogP contribution in [-0.2, 0) is 32.2 Å². The van der Waals surface area contributed by atoms with Crippen molar-refractivity contribution in [1.82, 2.24) is 15.7 Å². The molecule has 0 spiro atoms. The van der Waals surface area contributed by atoms with E-state index in [1.54, 1.807) is 0 Å². The van der Waals surface area contributed by atoms with Crippen LogP contribution in [0.15, 0.2) is 60.7 Å². The lowest BCUT2D eigenvalue weighted by Gasteiger charge is -2.26. The lowest BCUT2D eigenvalue weighted by Crippen LogP contribution is -2.54. The summed E-state index contributed by atoms with van der Waals surface area (Å²) in [4.78, 5) is 43.4. The van der Waals surface area contributed by atoms with Gasteiger partial charge in [-0.05, 0) is 36.3 Å². The Morgan fingerprint density at radius 3 is 2.03 bits per heavy atom. The van der Waals surface area contributed by atoms with Gasteiger partial charge < -0.3 is 15.4 Å². The van der Waals surface area contributed by atoms with Gasteiger partial charge in [0.25, 0.3) is 5.91 Å². The molecule has 2 aromatic carbocycles. The molecule has 0 heterocycles. The van der Waals surface area contributed by atoms with Gasteiger partial charge in [-0.3, -0.25) is 14.4 Å². The first-order valence-electron chi connectivity index (χ1n) is 11.4. The van der Waals surface area contributed by atoms with Crippen molar-refractivity contribution in [1.29, 1.82) is 0 Å². The first kappa shape index (κ1) is 26.9. The summed E-state index contributed by atoms with van der Waals surface area (Å²) in [7, 11) is 2.88. The number of rotatable bonds is 12. The molecule has 0 aliphatic carbocycles. The molecule has 2 unspecified atom stereocenters. The summed E-state index contributed by atoms with van der Waals surface area (Å²) in [6, 6.07) is 17.3. The number of benzene rings is 2. The summed E-state index contributed by atoms with van der Waals surface area (Å²) in [5.41, 5.74) is 1.90. The monoisotopic (exact) mass is 469 g/mol. The average molecular weight is 470 g/mol. The Balaban J connectivity index is 2.04. The van der Waals surface area contributed by atoms with Gasteiger partial charge in [0.2, 0.25) is 5.91 Å². The molecule has 0 fully saturated rings. The summed E-state index contributed by atoms with van der Waals surface area (Å²) in [5, 5.41) is 6.55. The molecule has 2 N–H and O–H groups in total. The zero-order valence-corrected chi connectivity index (χ0v) is 20.3. The van der Waals surface area contributed by atoms with Crippen molar-refractivity contribution in [2.75, 3.05) is 14.2 Å². The van der Waals surface area contributed by atoms with Crippen molar-refractivity contribution in [3.8, 4) is 0 Å². The number of hydrogen-bond donors (Lipinski definition) is 2. The topological polar surface area (TPSA) is 97.0 Å². The standard InChI is InChI=1S/C26H35N3O5/c1-19(2)17-23(28-26(32)34-18-21-13-9-6-10-14-21)24(30)27-22(25(31)29(3)33-4)16-15-20-11-7-5-8-12-20/h5-14,19,22-23H,15-18H2,1-4H3,(H,27,30)(H,28,32). The largest absolute Gasteiger partial charge is 0.445 e. The molecule has 0 aromatic heterocycles. The van der Waals surface area contributed by atoms with Gasteiger partial charge in [0.05, 0.1) is 7.11 Å². The molecular formula is C26H35N3O5. The molecule has 8 nitrogen and oxygen atoms in total. The second-order valence-electron chi connectivity index (χ2n) is 8.49. The second kappa shape index (κ2) is 14.0. The zero-order valence-electron chi connectivity index (χ0n) is 20.3. The molecule has 2 aromatic rings. The second-order valence-corrected chi connectivity index (χ2v) is 8.49. The number of carbonyl (C=O) groups excluding carboxylic acids is 3. The third-order valence-corrected chi connectivity index (χ3v) is 5.29. The number of ether oxygens (including phenoxy) is 1. The zero-order chi connectivity index (χ0) is 24.9. The smallest absolute Gasteiger partial charge is 0.408 e. The number of nitrogens with zero attached hydrogens (tertiary/aromatic N) is 1. The lowest BCUT2D eigenvalue weighted by atomic mass is 10.0. The van der Waals surface area contributed by atoms with E-state index < -0.39 is 24.1 Å². The van der Waals surface area contributed by atoms with Gasteiger partial charge in [0.15, 0.2) is 0 Å². The maximum atomic E-state index is 13.1. The Labute approximate surface area is 201 Å². The Hall–Kier alpha value is -3.39. The van der Waals surface area contributed by atoms with E-state index in [1.807, 2.05) is 74.5 Å². The molecule has 2 rings (SSSR count). The Morgan fingerprint density at radius 1 is 0.882 bits per heavy atom. The number of aryl methyl sites for hydroxylation is 1. The summed E-state index contributed by atoms with van der Waals surface area (Å²) in [6.45, 7) is 4.00. The predicted molar refractivity (Wildman–Crippen MR) is 129 cm³/mol. The van der Waals surface area contributed by atoms with Crippen LogP contribution in [0.2, 0.25) is 0 Å². The molecule has 0 bridgehead atoms. The summed E-state index contributed by atoms with van der Waals surface area (Å²) < 4.78 is 5.28. The van der Waals surface area contributed by atoms with Crippen LogP contribution in [0.1, 0.15) is 37.8 Å². The van der Waals surface area contributed by atoms with Crippen molar-refractivity contribution in [3.63, 3.8) is 0 Å². The van der Waals surface area contributed by atoms with E-state index in [1.165, 1.54) is 14.2 Å². The van der Waals surface area contributed by atoms with Crippen molar-refractivity contribution >= 4 is 17.9 Å². The number of hydrogen-bond acceptors (Lipinski definition) is 5. The SMILES string of the molecule is CON(C)C(=O)C(CCc1ccccc1)NC(=O)C(CC(C)C)NC(=O)OCc1ccccc1. The van der Waals surface area contributed by atoms with E-state index in [2.05, 4.69) is 10.6 Å². The van der Waals surface area contributed by atoms with Crippen LogP contribution in [0.5, 0.6) is 0 Å². The third kappa shape index (κ3) is 9.23. The lowest BCUT2D eigenvalue weighted by molar-refractivity contribution is -0.171. The fourth-order valence-electron chi connectivity index (χ4n) is 3.40. The molecule has 0 radical (unpaired) electrons. The van der Waals surface area contributed by atoms with Gasteiger partial charge in [-0.1, -0.05) is 74.5 Å². The minimum atomic E-state index is -0.844. The normalized spacial score (nSPS) is 12.5. The highest BCUT2D eigenvalue weighted by Crippen LogP contribution is 2.10. The summed E-state index contributed by atoms with van der Waals surface area (Å²) in [5.74, 6) is -0.687. The maximum Gasteiger partial charge on any atom is 0.408 e. The minimum absolute atomic E-state index is 0.0967. The van der Waals surface area contributed by atoms with Gasteiger partial charge in [-0.2, -0.15) is 0 Å². The predicted octanol–water partition coefficient (Wildman–Crippen LogP) is 3.46. The van der Waals surface area contributed by atoms with Crippen LogP contribution in [0.25, 0.3) is 0 Å². The Bertz CT molecular complexity index is 905. The van der Waals surface area contributed by atoms with Crippen molar-refractivity contribution in [2.24, 2.45) is 5.92 Å². The number of amides is 3. The molecule has 0 saturated heterocycles. The highest BCUT2D eigenvalue weighted by Gasteiger charge is 2.29. The van der Waals surface area contributed by atoms with E-state index in [0.717, 1.165) is 16.2 Å². The van der Waals surface area contributed by atoms with E-state index in [-0.39, 0.29) is 18.4 Å². The highest BCUT2D eigenvalue weighted by molar-refractivity contribution is 5.91. The van der Waals surface area contributed by atoms with Crippen molar-refractivity contribution < 1.29 is 24.0 Å². The fraction of sp³-hybridized carbons (Fsp3) is 0.423. The van der Waals surface area contributed by atoms with E-state index in [9.17, 15) is 14.4 Å². The number of nitrogens with one attached hydrogen (secondary N) is 2. The molecule has 0 saturated carbocycles. The Morgan fingerprint density at radius 2 is 1.47 bits per heavy atom. The maximum absolute atomic E-state index is 13.1. The van der Waals surface area contributed by atoms with Gasteiger partial charge >= 0.3 is 6.09 Å². The van der Waals surface area contributed by atoms with Crippen LogP contribution in [0, 0.1) is 5.92 Å². The summed E-state index contributed by atoms with van der Waals surface area (Å²) in [6.07, 6.45) is 0.684. The van der Waals surface area contributed by atoms with E-state index in [0.29, 0.717) is 19.3 Å². The molecule has 184 valence electrons. The molecule has 8 heteroatoms. The van der Waals surface area contributed by atoms with Crippen LogP contribution < -0.4 is 10.6 Å². The fourth-order valence-corrected chi connectivity index (χ4v) is 3.40. The van der Waals surface area contributed by atoms with Crippen LogP contribution in [0.4, 0.5) is 4.79 Å². The van der Waals surface area contributed by atoms with Crippen molar-refractivity contribution in [3.05, 3.63) is 71.8 Å². The Kier molecular flexibility index (Phi) is 11.1. The summed E-state index contributed by atoms with van der Waals surface area (Å²) >= 11 is 0.